The van der Waals surface area contributed by atoms with Gasteiger partial charge in [-0.15, -0.1) is 0 Å². The fourth-order valence-electron chi connectivity index (χ4n) is 1.98. The molecule has 0 saturated heterocycles. The van der Waals surface area contributed by atoms with Crippen LogP contribution in [0.15, 0.2) is 10.0 Å². The molecule has 160 valence electrons. The average Bonchev–Trinajstić information content (AvgIpc) is 2.64. The van der Waals surface area contributed by atoms with Crippen LogP contribution in [0, 0.1) is 46.5 Å². The van der Waals surface area contributed by atoms with Crippen molar-refractivity contribution in [1.82, 2.24) is 0 Å². The van der Waals surface area contributed by atoms with Crippen LogP contribution in [-0.2, 0) is 10.1 Å². The summed E-state index contributed by atoms with van der Waals surface area (Å²) in [5.41, 5.74) is 3.91. The monoisotopic (exact) mass is 485 g/mol. The van der Waals surface area contributed by atoms with Gasteiger partial charge in [-0.1, -0.05) is 5.11 Å². The first kappa shape index (κ1) is 26.6. The second kappa shape index (κ2) is 9.37. The Kier molecular flexibility index (Phi) is 8.04. The number of esters is 1. The summed E-state index contributed by atoms with van der Waals surface area (Å²) in [4.78, 5) is 11.0. The second-order valence-electron chi connectivity index (χ2n) is 4.93. The molecule has 0 aromatic heterocycles. The molecular weight excluding hydrogens is 485 g/mol. The third-order valence-corrected chi connectivity index (χ3v) is 4.08. The van der Waals surface area contributed by atoms with Crippen LogP contribution in [0.5, 0.6) is 5.75 Å². The van der Waals surface area contributed by atoms with Crippen molar-refractivity contribution in [2.24, 2.45) is 5.11 Å². The molecule has 0 N–H and O–H groups in total. The van der Waals surface area contributed by atoms with Crippen molar-refractivity contribution < 1.29 is 87.2 Å². The maximum absolute atomic E-state index is 13.8. The molecule has 0 fully saturated rings. The molecule has 2 aromatic carbocycles. The molecule has 2 aromatic rings. The van der Waals surface area contributed by atoms with Gasteiger partial charge in [0.1, 0.15) is 26.3 Å². The van der Waals surface area contributed by atoms with Gasteiger partial charge in [0.25, 0.3) is 0 Å². The summed E-state index contributed by atoms with van der Waals surface area (Å²) in [5.74, 6) is -26.4. The maximum atomic E-state index is 13.8. The molecular formula is C13F8N3NaO5S. The third-order valence-electron chi connectivity index (χ3n) is 3.22. The molecule has 0 aliphatic heterocycles. The second-order valence-corrected chi connectivity index (χ2v) is 6.24. The number of ether oxygens (including phenoxy) is 1. The van der Waals surface area contributed by atoms with Crippen molar-refractivity contribution >= 4 is 21.8 Å². The van der Waals surface area contributed by atoms with E-state index in [0.717, 1.165) is 0 Å². The number of nitrogens with zero attached hydrogens (tertiary/aromatic N) is 3. The molecule has 0 amide bonds. The van der Waals surface area contributed by atoms with Gasteiger partial charge >= 0.3 is 35.5 Å². The summed E-state index contributed by atoms with van der Waals surface area (Å²) in [7, 11) is -6.12. The summed E-state index contributed by atoms with van der Waals surface area (Å²) in [6.07, 6.45) is 0. The molecule has 0 bridgehead atoms. The molecule has 0 aliphatic rings. The van der Waals surface area contributed by atoms with E-state index in [4.69, 9.17) is 5.53 Å². The number of hydrogen-bond acceptors (Lipinski definition) is 6. The Morgan fingerprint density at radius 3 is 1.61 bits per heavy atom. The van der Waals surface area contributed by atoms with Gasteiger partial charge < -0.3 is 9.29 Å². The fourth-order valence-corrected chi connectivity index (χ4v) is 2.59. The largest absolute Gasteiger partial charge is 1.00 e. The minimum Gasteiger partial charge on any atom is -0.744 e. The molecule has 0 heterocycles. The summed E-state index contributed by atoms with van der Waals surface area (Å²) >= 11 is 0. The topological polar surface area (TPSA) is 132 Å². The molecule has 0 unspecified atom stereocenters. The Hall–Kier alpha value is -2.43. The summed E-state index contributed by atoms with van der Waals surface area (Å²) < 4.78 is 145. The number of benzene rings is 2. The Labute approximate surface area is 187 Å². The number of rotatable bonds is 4. The summed E-state index contributed by atoms with van der Waals surface area (Å²) in [6.45, 7) is 0. The van der Waals surface area contributed by atoms with Crippen molar-refractivity contribution in [1.29, 1.82) is 0 Å². The van der Waals surface area contributed by atoms with Crippen LogP contribution < -0.4 is 34.3 Å². The molecule has 2 rings (SSSR count). The molecule has 31 heavy (non-hydrogen) atoms. The number of azide groups is 1. The zero-order valence-electron chi connectivity index (χ0n) is 14.3. The van der Waals surface area contributed by atoms with Crippen molar-refractivity contribution in [3.63, 3.8) is 0 Å². The predicted octanol–water partition coefficient (Wildman–Crippen LogP) is 0.868. The fraction of sp³-hybridized carbons (Fsp3) is 0. The molecule has 0 saturated carbocycles. The van der Waals surface area contributed by atoms with E-state index < -0.39 is 84.5 Å². The Morgan fingerprint density at radius 2 is 1.26 bits per heavy atom. The van der Waals surface area contributed by atoms with Gasteiger partial charge in [-0.05, 0) is 5.53 Å². The standard InChI is InChI=1S/C13HF8N3O5S.Na/c14-2-1(3(15)5(17)10(4(2)16)23-24-22)13(25)29-11-6(18)8(20)12(30(26,27)28)9(21)7(11)19;/h(H,26,27,28);/q;+1/p-1. The molecule has 0 spiro atoms. The predicted molar refractivity (Wildman–Crippen MR) is 74.3 cm³/mol. The van der Waals surface area contributed by atoms with Crippen molar-refractivity contribution in [3.05, 3.63) is 62.5 Å². The van der Waals surface area contributed by atoms with E-state index in [0.29, 0.717) is 0 Å². The van der Waals surface area contributed by atoms with E-state index in [1.165, 1.54) is 0 Å². The SMILES string of the molecule is [N-]=[N+]=Nc1c(F)c(F)c(C(=O)Oc2c(F)c(F)c(S(=O)(=O)[O-])c(F)c2F)c(F)c1F.[Na+]. The zero-order valence-corrected chi connectivity index (χ0v) is 17.1. The van der Waals surface area contributed by atoms with Crippen LogP contribution in [0.3, 0.4) is 0 Å². The van der Waals surface area contributed by atoms with Gasteiger partial charge in [-0.25, -0.2) is 39.6 Å². The van der Waals surface area contributed by atoms with E-state index in [9.17, 15) is 52.9 Å². The average molecular weight is 485 g/mol. The first-order chi connectivity index (χ1) is 13.8. The van der Waals surface area contributed by atoms with Crippen molar-refractivity contribution in [3.8, 4) is 5.75 Å². The maximum Gasteiger partial charge on any atom is 1.00 e. The number of hydrogen-bond donors (Lipinski definition) is 0. The molecule has 0 aliphatic carbocycles. The summed E-state index contributed by atoms with van der Waals surface area (Å²) in [6, 6.07) is 0. The van der Waals surface area contributed by atoms with E-state index >= 15 is 0 Å². The van der Waals surface area contributed by atoms with Gasteiger partial charge in [0, 0.05) is 4.91 Å². The van der Waals surface area contributed by atoms with E-state index in [1.807, 2.05) is 4.91 Å². The van der Waals surface area contributed by atoms with Crippen LogP contribution >= 0.6 is 0 Å². The minimum atomic E-state index is -6.12. The third kappa shape index (κ3) is 4.60. The Morgan fingerprint density at radius 1 is 0.839 bits per heavy atom. The van der Waals surface area contributed by atoms with Crippen LogP contribution in [0.25, 0.3) is 10.4 Å². The van der Waals surface area contributed by atoms with Crippen LogP contribution in [0.4, 0.5) is 40.8 Å². The van der Waals surface area contributed by atoms with E-state index in [1.54, 1.807) is 0 Å². The van der Waals surface area contributed by atoms with Crippen LogP contribution in [0.2, 0.25) is 0 Å². The quantitative estimate of drug-likeness (QED) is 0.0730. The first-order valence-electron chi connectivity index (χ1n) is 6.70. The van der Waals surface area contributed by atoms with Gasteiger partial charge in [-0.2, -0.15) is 8.78 Å². The molecule has 0 radical (unpaired) electrons. The van der Waals surface area contributed by atoms with Gasteiger partial charge in [-0.3, -0.25) is 0 Å². The van der Waals surface area contributed by atoms with Crippen molar-refractivity contribution in [2.75, 3.05) is 0 Å². The van der Waals surface area contributed by atoms with Gasteiger partial charge in [0.15, 0.2) is 34.9 Å². The zero-order chi connectivity index (χ0) is 23.1. The van der Waals surface area contributed by atoms with Gasteiger partial charge in [0.05, 0.1) is 0 Å². The van der Waals surface area contributed by atoms with E-state index in [2.05, 4.69) is 9.85 Å². The van der Waals surface area contributed by atoms with Crippen LogP contribution in [0.1, 0.15) is 10.4 Å². The first-order valence-corrected chi connectivity index (χ1v) is 8.11. The molecule has 0 atom stereocenters. The minimum absolute atomic E-state index is 0. The normalized spacial score (nSPS) is 10.9. The molecule has 8 nitrogen and oxygen atoms in total. The number of carbonyl (C=O) groups is 1. The van der Waals surface area contributed by atoms with Gasteiger partial charge in [0.2, 0.25) is 17.4 Å². The van der Waals surface area contributed by atoms with Crippen molar-refractivity contribution in [2.45, 2.75) is 4.90 Å². The Bertz CT molecular complexity index is 1210. The Balaban J connectivity index is 0.00000480. The molecule has 18 heteroatoms. The smallest absolute Gasteiger partial charge is 0.744 e. The van der Waals surface area contributed by atoms with Crippen LogP contribution in [-0.4, -0.2) is 18.9 Å². The number of halogens is 8. The summed E-state index contributed by atoms with van der Waals surface area (Å²) in [5, 5.41) is 2.29. The van der Waals surface area contributed by atoms with E-state index in [-0.39, 0.29) is 29.6 Å². The number of carbonyl (C=O) groups excluding carboxylic acids is 1.